The van der Waals surface area contributed by atoms with E-state index in [1.807, 2.05) is 0 Å². The lowest BCUT2D eigenvalue weighted by Crippen LogP contribution is -2.47. The maximum atomic E-state index is 12.9. The number of benzene rings is 2. The molecule has 10 heteroatoms. The molecule has 2 aromatic carbocycles. The number of piperidine rings is 1. The first-order chi connectivity index (χ1) is 14.9. The second-order valence-corrected chi connectivity index (χ2v) is 7.21. The molecule has 2 aromatic rings. The zero-order valence-corrected chi connectivity index (χ0v) is 16.8. The lowest BCUT2D eigenvalue weighted by atomic mass is 10.0. The molecule has 3 amide bonds. The molecule has 0 bridgehead atoms. The van der Waals surface area contributed by atoms with Crippen LogP contribution in [0.15, 0.2) is 48.5 Å². The number of carbonyl (C=O) groups is 2. The third kappa shape index (κ3) is 6.39. The van der Waals surface area contributed by atoms with Crippen molar-refractivity contribution in [2.45, 2.75) is 25.3 Å². The van der Waals surface area contributed by atoms with Gasteiger partial charge in [0.1, 0.15) is 11.5 Å². The van der Waals surface area contributed by atoms with Crippen molar-refractivity contribution in [2.75, 3.05) is 30.3 Å². The molecule has 31 heavy (non-hydrogen) atoms. The minimum Gasteiger partial charge on any atom is -0.379 e. The number of halogens is 1. The van der Waals surface area contributed by atoms with E-state index in [-0.39, 0.29) is 35.9 Å². The van der Waals surface area contributed by atoms with Crippen LogP contribution in [0.3, 0.4) is 0 Å². The number of rotatable bonds is 7. The van der Waals surface area contributed by atoms with E-state index in [0.29, 0.717) is 43.9 Å². The Bertz CT molecular complexity index is 930. The quantitative estimate of drug-likeness (QED) is 0.461. The molecule has 1 heterocycles. The normalized spacial score (nSPS) is 14.0. The smallest absolute Gasteiger partial charge is 0.319 e. The molecule has 3 N–H and O–H groups in total. The summed E-state index contributed by atoms with van der Waals surface area (Å²) in [7, 11) is 0. The van der Waals surface area contributed by atoms with Crippen molar-refractivity contribution in [2.24, 2.45) is 0 Å². The summed E-state index contributed by atoms with van der Waals surface area (Å²) in [6, 6.07) is 11.4. The lowest BCUT2D eigenvalue weighted by Gasteiger charge is -2.32. The van der Waals surface area contributed by atoms with Crippen LogP contribution in [0.4, 0.5) is 26.2 Å². The highest BCUT2D eigenvalue weighted by Gasteiger charge is 2.24. The third-order valence-corrected chi connectivity index (χ3v) is 5.04. The summed E-state index contributed by atoms with van der Waals surface area (Å²) in [4.78, 5) is 36.8. The fourth-order valence-electron chi connectivity index (χ4n) is 3.40. The minimum atomic E-state index is -0.464. The molecule has 1 aliphatic heterocycles. The van der Waals surface area contributed by atoms with Crippen LogP contribution in [0.2, 0.25) is 0 Å². The highest BCUT2D eigenvalue weighted by molar-refractivity contribution is 5.89. The number of nitro benzene ring substituents is 1. The predicted octanol–water partition coefficient (Wildman–Crippen LogP) is 3.35. The van der Waals surface area contributed by atoms with Gasteiger partial charge in [0, 0.05) is 43.9 Å². The Balaban J connectivity index is 1.38. The Kier molecular flexibility index (Phi) is 7.36. The molecule has 1 fully saturated rings. The Morgan fingerprint density at radius 3 is 2.45 bits per heavy atom. The van der Waals surface area contributed by atoms with Crippen molar-refractivity contribution in [3.05, 3.63) is 64.5 Å². The van der Waals surface area contributed by atoms with Crippen molar-refractivity contribution in [1.29, 1.82) is 0 Å². The molecule has 1 aliphatic rings. The van der Waals surface area contributed by atoms with Crippen molar-refractivity contribution in [3.8, 4) is 0 Å². The molecular formula is C21H24FN5O4. The molecular weight excluding hydrogens is 405 g/mol. The van der Waals surface area contributed by atoms with E-state index in [1.165, 1.54) is 30.3 Å². The number of amides is 3. The number of nitrogens with zero attached hydrogens (tertiary/aromatic N) is 2. The van der Waals surface area contributed by atoms with Crippen LogP contribution in [0.5, 0.6) is 0 Å². The Morgan fingerprint density at radius 2 is 1.77 bits per heavy atom. The van der Waals surface area contributed by atoms with Crippen LogP contribution in [0.1, 0.15) is 19.3 Å². The van der Waals surface area contributed by atoms with Gasteiger partial charge in [-0.2, -0.15) is 0 Å². The maximum Gasteiger partial charge on any atom is 0.319 e. The van der Waals surface area contributed by atoms with Crippen LogP contribution < -0.4 is 16.0 Å². The first-order valence-corrected chi connectivity index (χ1v) is 10.0. The average molecular weight is 429 g/mol. The molecule has 9 nitrogen and oxygen atoms in total. The number of hydrogen-bond donors (Lipinski definition) is 3. The largest absolute Gasteiger partial charge is 0.379 e. The highest BCUT2D eigenvalue weighted by Crippen LogP contribution is 2.23. The Morgan fingerprint density at radius 1 is 1.10 bits per heavy atom. The van der Waals surface area contributed by atoms with Gasteiger partial charge in [-0.15, -0.1) is 0 Å². The van der Waals surface area contributed by atoms with Gasteiger partial charge >= 0.3 is 6.03 Å². The molecule has 0 aliphatic carbocycles. The summed E-state index contributed by atoms with van der Waals surface area (Å²) < 4.78 is 12.9. The Hall–Kier alpha value is -3.69. The number of nitro groups is 1. The number of nitrogens with one attached hydrogen (secondary N) is 3. The summed E-state index contributed by atoms with van der Waals surface area (Å²) in [5.74, 6) is -0.416. The number of para-hydroxylation sites is 2. The van der Waals surface area contributed by atoms with Gasteiger partial charge in [-0.25, -0.2) is 9.18 Å². The van der Waals surface area contributed by atoms with E-state index in [1.54, 1.807) is 23.1 Å². The van der Waals surface area contributed by atoms with Crippen LogP contribution in [0, 0.1) is 15.9 Å². The molecule has 0 radical (unpaired) electrons. The van der Waals surface area contributed by atoms with Gasteiger partial charge < -0.3 is 20.9 Å². The summed E-state index contributed by atoms with van der Waals surface area (Å²) in [6.07, 6.45) is 1.47. The third-order valence-electron chi connectivity index (χ3n) is 5.04. The second-order valence-electron chi connectivity index (χ2n) is 7.21. The first-order valence-electron chi connectivity index (χ1n) is 10.0. The second kappa shape index (κ2) is 10.4. The van der Waals surface area contributed by atoms with Crippen molar-refractivity contribution >= 4 is 29.0 Å². The van der Waals surface area contributed by atoms with Gasteiger partial charge in [0.25, 0.3) is 5.69 Å². The van der Waals surface area contributed by atoms with E-state index >= 15 is 0 Å². The van der Waals surface area contributed by atoms with E-state index < -0.39 is 4.92 Å². The van der Waals surface area contributed by atoms with Gasteiger partial charge in [0.15, 0.2) is 0 Å². The van der Waals surface area contributed by atoms with Gasteiger partial charge in [-0.05, 0) is 43.2 Å². The molecule has 0 unspecified atom stereocenters. The van der Waals surface area contributed by atoms with Gasteiger partial charge in [0.2, 0.25) is 5.91 Å². The summed E-state index contributed by atoms with van der Waals surface area (Å²) in [5, 5.41) is 19.5. The monoisotopic (exact) mass is 429 g/mol. The standard InChI is InChI=1S/C21H24FN5O4/c22-15-5-7-16(8-6-15)24-21(29)25-17-10-13-26(14-11-17)20(28)9-12-23-18-3-1-2-4-19(18)27(30)31/h1-8,17,23H,9-14H2,(H2,24,25,29). The summed E-state index contributed by atoms with van der Waals surface area (Å²) >= 11 is 0. The van der Waals surface area contributed by atoms with E-state index in [4.69, 9.17) is 0 Å². The number of urea groups is 1. The minimum absolute atomic E-state index is 0.0271. The van der Waals surface area contributed by atoms with Gasteiger partial charge in [-0.3, -0.25) is 14.9 Å². The molecule has 1 saturated heterocycles. The summed E-state index contributed by atoms with van der Waals surface area (Å²) in [5.41, 5.74) is 0.855. The van der Waals surface area contributed by atoms with Gasteiger partial charge in [-0.1, -0.05) is 12.1 Å². The van der Waals surface area contributed by atoms with Crippen LogP contribution >= 0.6 is 0 Å². The van der Waals surface area contributed by atoms with Gasteiger partial charge in [0.05, 0.1) is 4.92 Å². The molecule has 0 saturated carbocycles. The van der Waals surface area contributed by atoms with Crippen LogP contribution in [0.25, 0.3) is 0 Å². The first kappa shape index (κ1) is 22.0. The molecule has 164 valence electrons. The zero-order valence-electron chi connectivity index (χ0n) is 16.8. The Labute approximate surface area is 178 Å². The van der Waals surface area contributed by atoms with E-state index in [9.17, 15) is 24.1 Å². The SMILES string of the molecule is O=C(Nc1ccc(F)cc1)NC1CCN(C(=O)CCNc2ccccc2[N+](=O)[O-])CC1. The highest BCUT2D eigenvalue weighted by atomic mass is 19.1. The van der Waals surface area contributed by atoms with Crippen molar-refractivity contribution in [3.63, 3.8) is 0 Å². The van der Waals surface area contributed by atoms with Crippen LogP contribution in [-0.2, 0) is 4.79 Å². The van der Waals surface area contributed by atoms with Crippen molar-refractivity contribution in [1.82, 2.24) is 10.2 Å². The fourth-order valence-corrected chi connectivity index (χ4v) is 3.40. The lowest BCUT2D eigenvalue weighted by molar-refractivity contribution is -0.384. The molecule has 0 aromatic heterocycles. The zero-order chi connectivity index (χ0) is 22.2. The number of carbonyl (C=O) groups excluding carboxylic acids is 2. The molecule has 3 rings (SSSR count). The summed E-state index contributed by atoms with van der Waals surface area (Å²) in [6.45, 7) is 1.33. The maximum absolute atomic E-state index is 12.9. The van der Waals surface area contributed by atoms with Crippen LogP contribution in [-0.4, -0.2) is 47.4 Å². The average Bonchev–Trinajstić information content (AvgIpc) is 2.76. The van der Waals surface area contributed by atoms with E-state index in [2.05, 4.69) is 16.0 Å². The van der Waals surface area contributed by atoms with E-state index in [0.717, 1.165) is 0 Å². The number of hydrogen-bond acceptors (Lipinski definition) is 5. The number of anilines is 2. The number of likely N-dealkylation sites (tertiary alicyclic amines) is 1. The predicted molar refractivity (Wildman–Crippen MR) is 114 cm³/mol. The fraction of sp³-hybridized carbons (Fsp3) is 0.333. The van der Waals surface area contributed by atoms with Crippen molar-refractivity contribution < 1.29 is 18.9 Å². The topological polar surface area (TPSA) is 117 Å². The molecule has 0 atom stereocenters. The molecule has 0 spiro atoms.